The highest BCUT2D eigenvalue weighted by molar-refractivity contribution is 7.89. The lowest BCUT2D eigenvalue weighted by molar-refractivity contribution is 0.179. The summed E-state index contributed by atoms with van der Waals surface area (Å²) in [5.74, 6) is 1.30. The molecule has 0 bridgehead atoms. The van der Waals surface area contributed by atoms with Gasteiger partial charge in [0.25, 0.3) is 0 Å². The van der Waals surface area contributed by atoms with Crippen molar-refractivity contribution in [1.29, 1.82) is 0 Å². The van der Waals surface area contributed by atoms with E-state index in [2.05, 4.69) is 17.0 Å². The van der Waals surface area contributed by atoms with Gasteiger partial charge in [-0.25, -0.2) is 13.2 Å². The van der Waals surface area contributed by atoms with Gasteiger partial charge in [0.05, 0.1) is 16.8 Å². The first-order valence-electron chi connectivity index (χ1n) is 13.6. The first kappa shape index (κ1) is 27.3. The minimum Gasteiger partial charge on any atom is -0.457 e. The molecule has 1 aliphatic heterocycles. The number of halogens is 1. The van der Waals surface area contributed by atoms with Gasteiger partial charge in [0.1, 0.15) is 11.5 Å². The third kappa shape index (κ3) is 5.95. The molecule has 0 atom stereocenters. The molecule has 9 heteroatoms. The summed E-state index contributed by atoms with van der Waals surface area (Å²) in [4.78, 5) is 16.1. The standard InChI is InChI=1S/C32H30ClN3O4S/c33-26-15-13-24(14-16-26)23-41(38,39)36-31-12-5-4-11-30(31)35(32(36)37)27-17-19-34(20-18-27)22-25-7-6-10-29(21-25)40-28-8-2-1-3-9-28/h1-16,21,27H,17-20,22-23H2. The van der Waals surface area contributed by atoms with Crippen LogP contribution in [-0.4, -0.2) is 34.9 Å². The molecule has 0 N–H and O–H groups in total. The van der Waals surface area contributed by atoms with Gasteiger partial charge in [0.2, 0.25) is 10.0 Å². The molecule has 0 saturated carbocycles. The number of hydrogen-bond acceptors (Lipinski definition) is 5. The molecule has 41 heavy (non-hydrogen) atoms. The predicted octanol–water partition coefficient (Wildman–Crippen LogP) is 6.46. The molecular formula is C32H30ClN3O4S. The number of aromatic nitrogens is 2. The van der Waals surface area contributed by atoms with Crippen molar-refractivity contribution in [3.63, 3.8) is 0 Å². The number of likely N-dealkylation sites (tertiary alicyclic amines) is 1. The maximum atomic E-state index is 13.7. The molecule has 1 aromatic heterocycles. The smallest absolute Gasteiger partial charge is 0.343 e. The summed E-state index contributed by atoms with van der Waals surface area (Å²) in [7, 11) is -3.96. The van der Waals surface area contributed by atoms with E-state index in [-0.39, 0.29) is 11.8 Å². The van der Waals surface area contributed by atoms with Crippen molar-refractivity contribution >= 4 is 32.7 Å². The first-order valence-corrected chi connectivity index (χ1v) is 15.6. The van der Waals surface area contributed by atoms with Crippen molar-refractivity contribution in [3.8, 4) is 11.5 Å². The summed E-state index contributed by atoms with van der Waals surface area (Å²) in [5, 5.41) is 0.527. The van der Waals surface area contributed by atoms with Crippen LogP contribution < -0.4 is 10.4 Å². The molecule has 1 aliphatic rings. The quantitative estimate of drug-likeness (QED) is 0.208. The molecule has 0 radical (unpaired) electrons. The molecule has 0 spiro atoms. The van der Waals surface area contributed by atoms with Crippen LogP contribution in [0.3, 0.4) is 0 Å². The number of ether oxygens (including phenoxy) is 1. The summed E-state index contributed by atoms with van der Waals surface area (Å²) in [6.45, 7) is 2.35. The third-order valence-corrected chi connectivity index (χ3v) is 9.35. The van der Waals surface area contributed by atoms with Gasteiger partial charge in [0.15, 0.2) is 0 Å². The summed E-state index contributed by atoms with van der Waals surface area (Å²) >= 11 is 5.97. The molecule has 1 fully saturated rings. The zero-order chi connectivity index (χ0) is 28.4. The lowest BCUT2D eigenvalue weighted by atomic mass is 10.0. The van der Waals surface area contributed by atoms with Crippen LogP contribution in [0.15, 0.2) is 108 Å². The van der Waals surface area contributed by atoms with E-state index in [1.54, 1.807) is 41.0 Å². The third-order valence-electron chi connectivity index (χ3n) is 7.49. The Labute approximate surface area is 244 Å². The molecule has 1 saturated heterocycles. The molecule has 210 valence electrons. The number of imidazole rings is 1. The Morgan fingerprint density at radius 2 is 1.41 bits per heavy atom. The fourth-order valence-electron chi connectivity index (χ4n) is 5.55. The SMILES string of the molecule is O=c1n(C2CCN(Cc3cccc(Oc4ccccc4)c3)CC2)c2ccccc2n1S(=O)(=O)Cc1ccc(Cl)cc1. The Bertz CT molecular complexity index is 1820. The van der Waals surface area contributed by atoms with E-state index < -0.39 is 15.7 Å². The largest absolute Gasteiger partial charge is 0.457 e. The maximum absolute atomic E-state index is 13.7. The second kappa shape index (κ2) is 11.6. The van der Waals surface area contributed by atoms with Gasteiger partial charge in [-0.15, -0.1) is 0 Å². The fourth-order valence-corrected chi connectivity index (χ4v) is 7.20. The summed E-state index contributed by atoms with van der Waals surface area (Å²) in [6, 6.07) is 31.5. The van der Waals surface area contributed by atoms with Crippen LogP contribution in [0.2, 0.25) is 5.02 Å². The zero-order valence-corrected chi connectivity index (χ0v) is 24.0. The second-order valence-electron chi connectivity index (χ2n) is 10.4. The lowest BCUT2D eigenvalue weighted by Crippen LogP contribution is -2.38. The Hall–Kier alpha value is -3.85. The van der Waals surface area contributed by atoms with Crippen LogP contribution in [0.25, 0.3) is 11.0 Å². The zero-order valence-electron chi connectivity index (χ0n) is 22.4. The molecular weight excluding hydrogens is 558 g/mol. The number of benzene rings is 4. The molecule has 2 heterocycles. The van der Waals surface area contributed by atoms with Crippen molar-refractivity contribution in [2.24, 2.45) is 0 Å². The Morgan fingerprint density at radius 1 is 0.756 bits per heavy atom. The topological polar surface area (TPSA) is 73.5 Å². The molecule has 0 aliphatic carbocycles. The van der Waals surface area contributed by atoms with E-state index in [4.69, 9.17) is 16.3 Å². The van der Waals surface area contributed by atoms with E-state index in [9.17, 15) is 13.2 Å². The first-order chi connectivity index (χ1) is 19.9. The van der Waals surface area contributed by atoms with Crippen LogP contribution in [0.4, 0.5) is 0 Å². The molecule has 0 unspecified atom stereocenters. The maximum Gasteiger partial charge on any atom is 0.343 e. The number of para-hydroxylation sites is 3. The second-order valence-corrected chi connectivity index (χ2v) is 12.6. The van der Waals surface area contributed by atoms with Crippen molar-refractivity contribution in [1.82, 2.24) is 13.4 Å². The van der Waals surface area contributed by atoms with Crippen molar-refractivity contribution in [2.75, 3.05) is 13.1 Å². The molecule has 4 aromatic carbocycles. The minimum absolute atomic E-state index is 0.0941. The van der Waals surface area contributed by atoms with E-state index in [1.165, 1.54) is 0 Å². The van der Waals surface area contributed by atoms with Crippen LogP contribution in [-0.2, 0) is 22.3 Å². The average Bonchev–Trinajstić information content (AvgIpc) is 3.28. The summed E-state index contributed by atoms with van der Waals surface area (Å²) in [5.41, 5.74) is 2.26. The monoisotopic (exact) mass is 587 g/mol. The van der Waals surface area contributed by atoms with Gasteiger partial charge in [0, 0.05) is 30.7 Å². The lowest BCUT2D eigenvalue weighted by Gasteiger charge is -2.32. The number of fused-ring (bicyclic) bond motifs is 1. The summed E-state index contributed by atoms with van der Waals surface area (Å²) < 4.78 is 35.7. The summed E-state index contributed by atoms with van der Waals surface area (Å²) in [6.07, 6.45) is 1.48. The Morgan fingerprint density at radius 3 is 2.15 bits per heavy atom. The highest BCUT2D eigenvalue weighted by atomic mass is 35.5. The van der Waals surface area contributed by atoms with Gasteiger partial charge in [-0.05, 0) is 72.5 Å². The Balaban J connectivity index is 1.19. The number of hydrogen-bond donors (Lipinski definition) is 0. The number of rotatable bonds is 8. The molecule has 6 rings (SSSR count). The Kier molecular flexibility index (Phi) is 7.71. The fraction of sp³-hybridized carbons (Fsp3) is 0.219. The van der Waals surface area contributed by atoms with Crippen LogP contribution >= 0.6 is 11.6 Å². The van der Waals surface area contributed by atoms with Gasteiger partial charge >= 0.3 is 5.69 Å². The van der Waals surface area contributed by atoms with Crippen LogP contribution in [0, 0.1) is 0 Å². The van der Waals surface area contributed by atoms with Gasteiger partial charge in [-0.3, -0.25) is 9.47 Å². The van der Waals surface area contributed by atoms with Crippen LogP contribution in [0.5, 0.6) is 11.5 Å². The van der Waals surface area contributed by atoms with Gasteiger partial charge < -0.3 is 4.74 Å². The predicted molar refractivity (Wildman–Crippen MR) is 162 cm³/mol. The average molecular weight is 588 g/mol. The normalized spacial score (nSPS) is 14.9. The molecule has 0 amide bonds. The highest BCUT2D eigenvalue weighted by Crippen LogP contribution is 2.29. The van der Waals surface area contributed by atoms with Crippen LogP contribution in [0.1, 0.15) is 30.0 Å². The van der Waals surface area contributed by atoms with E-state index in [0.717, 1.165) is 53.5 Å². The van der Waals surface area contributed by atoms with Crippen molar-refractivity contribution < 1.29 is 13.2 Å². The van der Waals surface area contributed by atoms with Crippen molar-refractivity contribution in [3.05, 3.63) is 130 Å². The number of nitrogens with zero attached hydrogens (tertiary/aromatic N) is 3. The minimum atomic E-state index is -3.96. The highest BCUT2D eigenvalue weighted by Gasteiger charge is 2.29. The molecule has 7 nitrogen and oxygen atoms in total. The number of piperidine rings is 1. The van der Waals surface area contributed by atoms with Gasteiger partial charge in [-0.2, -0.15) is 3.97 Å². The van der Waals surface area contributed by atoms with E-state index in [1.807, 2.05) is 54.6 Å². The van der Waals surface area contributed by atoms with Gasteiger partial charge in [-0.1, -0.05) is 66.2 Å². The van der Waals surface area contributed by atoms with Crippen molar-refractivity contribution in [2.45, 2.75) is 31.2 Å². The molecule has 5 aromatic rings. The van der Waals surface area contributed by atoms with E-state index in [0.29, 0.717) is 21.6 Å². The van der Waals surface area contributed by atoms with E-state index >= 15 is 0 Å².